The minimum atomic E-state index is 0.533. The quantitative estimate of drug-likeness (QED) is 0.525. The predicted octanol–water partition coefficient (Wildman–Crippen LogP) is 4.86. The molecular weight excluding hydrogens is 336 g/mol. The van der Waals surface area contributed by atoms with Crippen LogP contribution in [0.5, 0.6) is 0 Å². The summed E-state index contributed by atoms with van der Waals surface area (Å²) in [6, 6.07) is 18.3. The SMILES string of the molecule is Cc1cccc(-c2noc(-c3cc(N4CCCC4)nc4ccccc34)n2)c1. The van der Waals surface area contributed by atoms with Crippen molar-refractivity contribution in [3.8, 4) is 22.8 Å². The van der Waals surface area contributed by atoms with Crippen molar-refractivity contribution in [2.45, 2.75) is 19.8 Å². The van der Waals surface area contributed by atoms with Gasteiger partial charge in [0.25, 0.3) is 5.89 Å². The molecule has 5 heteroatoms. The van der Waals surface area contributed by atoms with E-state index in [9.17, 15) is 0 Å². The standard InChI is InChI=1S/C22H20N4O/c1-15-7-6-8-16(13-15)21-24-22(27-25-21)18-14-20(26-11-4-5-12-26)23-19-10-3-2-9-17(18)19/h2-3,6-10,13-14H,4-5,11-12H2,1H3. The summed E-state index contributed by atoms with van der Waals surface area (Å²) in [5.74, 6) is 2.12. The molecule has 0 saturated carbocycles. The van der Waals surface area contributed by atoms with E-state index < -0.39 is 0 Å². The summed E-state index contributed by atoms with van der Waals surface area (Å²) in [7, 11) is 0. The first kappa shape index (κ1) is 16.0. The Morgan fingerprint density at radius 2 is 1.78 bits per heavy atom. The number of aromatic nitrogens is 3. The molecule has 27 heavy (non-hydrogen) atoms. The highest BCUT2D eigenvalue weighted by molar-refractivity contribution is 5.94. The van der Waals surface area contributed by atoms with Crippen LogP contribution < -0.4 is 4.90 Å². The molecular formula is C22H20N4O. The van der Waals surface area contributed by atoms with Gasteiger partial charge in [-0.15, -0.1) is 0 Å². The van der Waals surface area contributed by atoms with Crippen LogP contribution in [0.4, 0.5) is 5.82 Å². The Balaban J connectivity index is 1.64. The lowest BCUT2D eigenvalue weighted by atomic mass is 10.1. The first-order chi connectivity index (χ1) is 13.3. The largest absolute Gasteiger partial charge is 0.357 e. The fraction of sp³-hybridized carbons (Fsp3) is 0.227. The average Bonchev–Trinajstić information content (AvgIpc) is 3.39. The molecule has 3 heterocycles. The molecule has 5 nitrogen and oxygen atoms in total. The Labute approximate surface area is 157 Å². The van der Waals surface area contributed by atoms with E-state index in [4.69, 9.17) is 9.51 Å². The van der Waals surface area contributed by atoms with Gasteiger partial charge in [0.2, 0.25) is 5.82 Å². The van der Waals surface area contributed by atoms with E-state index in [0.717, 1.165) is 40.9 Å². The Bertz CT molecular complexity index is 1110. The first-order valence-electron chi connectivity index (χ1n) is 9.34. The monoisotopic (exact) mass is 356 g/mol. The Morgan fingerprint density at radius 1 is 0.926 bits per heavy atom. The van der Waals surface area contributed by atoms with Crippen LogP contribution in [0.3, 0.4) is 0 Å². The number of fused-ring (bicyclic) bond motifs is 1. The average molecular weight is 356 g/mol. The van der Waals surface area contributed by atoms with Gasteiger partial charge in [0, 0.05) is 24.0 Å². The summed E-state index contributed by atoms with van der Waals surface area (Å²) in [5.41, 5.74) is 4.02. The molecule has 0 bridgehead atoms. The third-order valence-electron chi connectivity index (χ3n) is 5.07. The summed E-state index contributed by atoms with van der Waals surface area (Å²) in [4.78, 5) is 11.9. The van der Waals surface area contributed by atoms with Crippen LogP contribution in [-0.4, -0.2) is 28.2 Å². The number of anilines is 1. The first-order valence-corrected chi connectivity index (χ1v) is 9.34. The molecule has 4 aromatic rings. The topological polar surface area (TPSA) is 55.1 Å². The number of rotatable bonds is 3. The van der Waals surface area contributed by atoms with Crippen LogP contribution in [0.25, 0.3) is 33.7 Å². The van der Waals surface area contributed by atoms with Gasteiger partial charge in [0.15, 0.2) is 0 Å². The van der Waals surface area contributed by atoms with Gasteiger partial charge in [0.1, 0.15) is 5.82 Å². The maximum Gasteiger partial charge on any atom is 0.259 e. The predicted molar refractivity (Wildman–Crippen MR) is 107 cm³/mol. The molecule has 2 aromatic heterocycles. The van der Waals surface area contributed by atoms with Crippen molar-refractivity contribution in [2.75, 3.05) is 18.0 Å². The number of hydrogen-bond acceptors (Lipinski definition) is 5. The zero-order chi connectivity index (χ0) is 18.2. The molecule has 0 unspecified atom stereocenters. The lowest BCUT2D eigenvalue weighted by molar-refractivity contribution is 0.432. The van der Waals surface area contributed by atoms with Crippen molar-refractivity contribution in [3.63, 3.8) is 0 Å². The number of nitrogens with zero attached hydrogens (tertiary/aromatic N) is 4. The highest BCUT2D eigenvalue weighted by atomic mass is 16.5. The zero-order valence-corrected chi connectivity index (χ0v) is 15.2. The molecule has 5 rings (SSSR count). The molecule has 0 N–H and O–H groups in total. The Morgan fingerprint density at radius 3 is 2.63 bits per heavy atom. The third-order valence-corrected chi connectivity index (χ3v) is 5.07. The van der Waals surface area contributed by atoms with Crippen molar-refractivity contribution in [1.29, 1.82) is 0 Å². The molecule has 134 valence electrons. The van der Waals surface area contributed by atoms with E-state index in [1.54, 1.807) is 0 Å². The normalized spacial score (nSPS) is 14.2. The second kappa shape index (κ2) is 6.50. The zero-order valence-electron chi connectivity index (χ0n) is 15.2. The van der Waals surface area contributed by atoms with Crippen molar-refractivity contribution in [1.82, 2.24) is 15.1 Å². The van der Waals surface area contributed by atoms with E-state index in [-0.39, 0.29) is 0 Å². The minimum Gasteiger partial charge on any atom is -0.357 e. The van der Waals surface area contributed by atoms with Crippen LogP contribution in [0.15, 0.2) is 59.1 Å². The summed E-state index contributed by atoms with van der Waals surface area (Å²) in [6.07, 6.45) is 2.42. The maximum atomic E-state index is 5.66. The molecule has 1 fully saturated rings. The summed E-state index contributed by atoms with van der Waals surface area (Å²) in [5, 5.41) is 5.25. The van der Waals surface area contributed by atoms with Gasteiger partial charge in [-0.25, -0.2) is 4.98 Å². The van der Waals surface area contributed by atoms with Gasteiger partial charge >= 0.3 is 0 Å². The van der Waals surface area contributed by atoms with E-state index in [1.165, 1.54) is 18.4 Å². The van der Waals surface area contributed by atoms with Crippen LogP contribution in [0.2, 0.25) is 0 Å². The molecule has 1 saturated heterocycles. The highest BCUT2D eigenvalue weighted by Crippen LogP contribution is 2.32. The Kier molecular flexibility index (Phi) is 3.85. The lowest BCUT2D eigenvalue weighted by Crippen LogP contribution is -2.19. The second-order valence-corrected chi connectivity index (χ2v) is 7.03. The number of aryl methyl sites for hydroxylation is 1. The summed E-state index contributed by atoms with van der Waals surface area (Å²) in [6.45, 7) is 4.15. The molecule has 0 aliphatic carbocycles. The molecule has 2 aromatic carbocycles. The van der Waals surface area contributed by atoms with Crippen LogP contribution in [-0.2, 0) is 0 Å². The molecule has 0 radical (unpaired) electrons. The molecule has 0 atom stereocenters. The van der Waals surface area contributed by atoms with E-state index in [2.05, 4.69) is 46.2 Å². The van der Waals surface area contributed by atoms with Crippen LogP contribution >= 0.6 is 0 Å². The van der Waals surface area contributed by atoms with Crippen molar-refractivity contribution >= 4 is 16.7 Å². The Hall–Kier alpha value is -3.21. The van der Waals surface area contributed by atoms with Gasteiger partial charge < -0.3 is 9.42 Å². The summed E-state index contributed by atoms with van der Waals surface area (Å²) < 4.78 is 5.66. The van der Waals surface area contributed by atoms with Crippen LogP contribution in [0.1, 0.15) is 18.4 Å². The van der Waals surface area contributed by atoms with Gasteiger partial charge in [-0.05, 0) is 38.0 Å². The van der Waals surface area contributed by atoms with Gasteiger partial charge in [-0.1, -0.05) is 47.1 Å². The minimum absolute atomic E-state index is 0.533. The van der Waals surface area contributed by atoms with Crippen molar-refractivity contribution < 1.29 is 4.52 Å². The van der Waals surface area contributed by atoms with Gasteiger partial charge in [-0.2, -0.15) is 4.98 Å². The second-order valence-electron chi connectivity index (χ2n) is 7.03. The fourth-order valence-corrected chi connectivity index (χ4v) is 3.68. The number of pyridine rings is 1. The lowest BCUT2D eigenvalue weighted by Gasteiger charge is -2.17. The van der Waals surface area contributed by atoms with E-state index in [0.29, 0.717) is 11.7 Å². The fourth-order valence-electron chi connectivity index (χ4n) is 3.68. The number of hydrogen-bond donors (Lipinski definition) is 0. The summed E-state index contributed by atoms with van der Waals surface area (Å²) >= 11 is 0. The number of benzene rings is 2. The maximum absolute atomic E-state index is 5.66. The third kappa shape index (κ3) is 2.95. The number of para-hydroxylation sites is 1. The smallest absolute Gasteiger partial charge is 0.259 e. The molecule has 0 amide bonds. The molecule has 0 spiro atoms. The molecule has 1 aliphatic rings. The van der Waals surface area contributed by atoms with E-state index >= 15 is 0 Å². The highest BCUT2D eigenvalue weighted by Gasteiger charge is 2.19. The van der Waals surface area contributed by atoms with Crippen molar-refractivity contribution in [2.24, 2.45) is 0 Å². The van der Waals surface area contributed by atoms with Crippen molar-refractivity contribution in [3.05, 3.63) is 60.2 Å². The molecule has 1 aliphatic heterocycles. The van der Waals surface area contributed by atoms with Gasteiger partial charge in [-0.3, -0.25) is 0 Å². The van der Waals surface area contributed by atoms with Gasteiger partial charge in [0.05, 0.1) is 11.1 Å². The van der Waals surface area contributed by atoms with Crippen LogP contribution in [0, 0.1) is 6.92 Å². The van der Waals surface area contributed by atoms with E-state index in [1.807, 2.05) is 30.3 Å².